The van der Waals surface area contributed by atoms with Crippen LogP contribution in [-0.4, -0.2) is 31.6 Å². The summed E-state index contributed by atoms with van der Waals surface area (Å²) in [4.78, 5) is 0. The Bertz CT molecular complexity index is 182. The Labute approximate surface area is 107 Å². The third-order valence-corrected chi connectivity index (χ3v) is 1.58. The predicted molar refractivity (Wildman–Crippen MR) is 30.1 cm³/mol. The molecule has 0 fully saturated rings. The number of hydrogen-bond donors (Lipinski definition) is 0. The van der Waals surface area contributed by atoms with Crippen molar-refractivity contribution < 1.29 is 73.1 Å². The van der Waals surface area contributed by atoms with Crippen LogP contribution in [0.1, 0.15) is 6.42 Å². The molecule has 0 rings (SSSR count). The molecule has 62 valence electrons. The second kappa shape index (κ2) is 6.87. The fourth-order valence-corrected chi connectivity index (χ4v) is 1.03. The van der Waals surface area contributed by atoms with Gasteiger partial charge in [-0.1, -0.05) is 0 Å². The van der Waals surface area contributed by atoms with Gasteiger partial charge in [-0.05, 0) is 0 Å². The summed E-state index contributed by atoms with van der Waals surface area (Å²) >= 11 is 0. The zero-order chi connectivity index (χ0) is 8.20. The number of alkyl halides is 2. The van der Waals surface area contributed by atoms with E-state index in [1.165, 1.54) is 0 Å². The molecule has 7 heteroatoms. The van der Waals surface area contributed by atoms with Crippen LogP contribution in [0, 0.1) is 0 Å². The largest absolute Gasteiger partial charge is 1.00 e. The minimum absolute atomic E-state index is 0. The first-order chi connectivity index (χ1) is 4.45. The van der Waals surface area contributed by atoms with Gasteiger partial charge in [0.25, 0.3) is 0 Å². The second-order valence-corrected chi connectivity index (χ2v) is 3.25. The molecule has 0 aliphatic carbocycles. The normalized spacial score (nSPS) is 13.7. The molecule has 0 heterocycles. The summed E-state index contributed by atoms with van der Waals surface area (Å²) in [5.41, 5.74) is 0. The van der Waals surface area contributed by atoms with Gasteiger partial charge in [-0.2, -0.15) is 0 Å². The fourth-order valence-electron chi connectivity index (χ4n) is 0.423. The van der Waals surface area contributed by atoms with Crippen molar-refractivity contribution in [1.29, 1.82) is 0 Å². The first-order valence-electron chi connectivity index (χ1n) is 2.59. The van der Waals surface area contributed by atoms with Crippen LogP contribution in [0.3, 0.4) is 0 Å². The molecular weight excluding hydrogens is 205 g/mol. The van der Waals surface area contributed by atoms with Gasteiger partial charge in [-0.25, -0.2) is 12.8 Å². The molecule has 0 saturated carbocycles. The molecule has 1 atom stereocenters. The maximum Gasteiger partial charge on any atom is 1.00 e. The molecule has 0 bridgehead atoms. The van der Waals surface area contributed by atoms with Gasteiger partial charge in [-0.15, -0.1) is 0 Å². The molecule has 0 spiro atoms. The van der Waals surface area contributed by atoms with Crippen molar-refractivity contribution in [1.82, 2.24) is 0 Å². The fraction of sp³-hybridized carbons (Fsp3) is 1.00. The van der Waals surface area contributed by atoms with Crippen molar-refractivity contribution in [2.45, 2.75) is 12.6 Å². The van der Waals surface area contributed by atoms with Crippen LogP contribution in [0.5, 0.6) is 0 Å². The van der Waals surface area contributed by atoms with E-state index in [1.54, 1.807) is 0 Å². The quantitative estimate of drug-likeness (QED) is 0.374. The van der Waals surface area contributed by atoms with E-state index in [2.05, 4.69) is 0 Å². The van der Waals surface area contributed by atoms with Gasteiger partial charge in [0.1, 0.15) is 6.17 Å². The van der Waals surface area contributed by atoms with E-state index in [0.29, 0.717) is 0 Å². The van der Waals surface area contributed by atoms with Crippen molar-refractivity contribution in [3.63, 3.8) is 0 Å². The Kier molecular flexibility index (Phi) is 9.31. The molecule has 0 aromatic carbocycles. The smallest absolute Gasteiger partial charge is 0.748 e. The molecule has 0 aliphatic heterocycles. The summed E-state index contributed by atoms with van der Waals surface area (Å²) in [7, 11) is -4.54. The molecular formula is C4H7F2KO3S. The number of hydrogen-bond acceptors (Lipinski definition) is 3. The molecule has 0 aromatic heterocycles. The van der Waals surface area contributed by atoms with Gasteiger partial charge < -0.3 is 4.55 Å². The Morgan fingerprint density at radius 2 is 1.91 bits per heavy atom. The van der Waals surface area contributed by atoms with E-state index in [-0.39, 0.29) is 51.4 Å². The Morgan fingerprint density at radius 3 is 2.18 bits per heavy atom. The molecule has 0 radical (unpaired) electrons. The Balaban J connectivity index is 0. The zero-order valence-corrected chi connectivity index (χ0v) is 10.0. The Hall–Kier alpha value is 1.41. The van der Waals surface area contributed by atoms with E-state index in [9.17, 15) is 21.8 Å². The molecule has 0 N–H and O–H groups in total. The molecule has 0 aliphatic rings. The standard InChI is InChI=1S/C4H8F2O3S.K/c5-2-1-4(6)3-10(7,8)9;/h4H,1-3H2,(H,7,8,9);/q;+1/p-1. The van der Waals surface area contributed by atoms with Crippen LogP contribution in [0.2, 0.25) is 0 Å². The topological polar surface area (TPSA) is 57.2 Å². The van der Waals surface area contributed by atoms with Crippen LogP contribution in [0.4, 0.5) is 8.78 Å². The summed E-state index contributed by atoms with van der Waals surface area (Å²) in [5.74, 6) is -1.13. The monoisotopic (exact) mass is 212 g/mol. The van der Waals surface area contributed by atoms with Gasteiger partial charge in [0, 0.05) is 6.42 Å². The van der Waals surface area contributed by atoms with Crippen molar-refractivity contribution in [2.75, 3.05) is 12.4 Å². The minimum Gasteiger partial charge on any atom is -0.748 e. The Morgan fingerprint density at radius 1 is 1.45 bits per heavy atom. The number of halogens is 2. The molecule has 11 heavy (non-hydrogen) atoms. The molecule has 1 unspecified atom stereocenters. The predicted octanol–water partition coefficient (Wildman–Crippen LogP) is -2.77. The van der Waals surface area contributed by atoms with Crippen LogP contribution in [0.15, 0.2) is 0 Å². The maximum absolute atomic E-state index is 12.1. The first-order valence-corrected chi connectivity index (χ1v) is 4.17. The van der Waals surface area contributed by atoms with E-state index in [4.69, 9.17) is 0 Å². The van der Waals surface area contributed by atoms with Gasteiger partial charge in [0.2, 0.25) is 0 Å². The molecule has 0 amide bonds. The zero-order valence-electron chi connectivity index (χ0n) is 6.09. The molecule has 0 saturated heterocycles. The van der Waals surface area contributed by atoms with E-state index < -0.39 is 35.1 Å². The third-order valence-electron chi connectivity index (χ3n) is 0.807. The average Bonchev–Trinajstić information content (AvgIpc) is 1.59. The minimum atomic E-state index is -4.54. The van der Waals surface area contributed by atoms with E-state index >= 15 is 0 Å². The van der Waals surface area contributed by atoms with E-state index in [1.807, 2.05) is 0 Å². The van der Waals surface area contributed by atoms with Gasteiger partial charge in [-0.3, -0.25) is 4.39 Å². The number of rotatable bonds is 4. The van der Waals surface area contributed by atoms with Crippen molar-refractivity contribution in [2.24, 2.45) is 0 Å². The van der Waals surface area contributed by atoms with Gasteiger partial charge in [0.15, 0.2) is 0 Å². The van der Waals surface area contributed by atoms with Gasteiger partial charge in [0.05, 0.1) is 22.5 Å². The summed E-state index contributed by atoms with van der Waals surface area (Å²) in [5, 5.41) is 0. The van der Waals surface area contributed by atoms with Crippen LogP contribution >= 0.6 is 0 Å². The first kappa shape index (κ1) is 14.9. The summed E-state index contributed by atoms with van der Waals surface area (Å²) in [6.45, 7) is -0.948. The molecule has 3 nitrogen and oxygen atoms in total. The van der Waals surface area contributed by atoms with Crippen LogP contribution < -0.4 is 51.4 Å². The van der Waals surface area contributed by atoms with Crippen molar-refractivity contribution in [3.05, 3.63) is 0 Å². The van der Waals surface area contributed by atoms with E-state index in [0.717, 1.165) is 0 Å². The average molecular weight is 212 g/mol. The van der Waals surface area contributed by atoms with Crippen LogP contribution in [-0.2, 0) is 10.1 Å². The summed E-state index contributed by atoms with van der Waals surface area (Å²) < 4.78 is 52.8. The van der Waals surface area contributed by atoms with Crippen LogP contribution in [0.25, 0.3) is 0 Å². The molecule has 0 aromatic rings. The maximum atomic E-state index is 12.1. The third kappa shape index (κ3) is 11.4. The van der Waals surface area contributed by atoms with Crippen molar-refractivity contribution in [3.8, 4) is 0 Å². The van der Waals surface area contributed by atoms with Gasteiger partial charge >= 0.3 is 51.4 Å². The second-order valence-electron chi connectivity index (χ2n) is 1.80. The summed E-state index contributed by atoms with van der Waals surface area (Å²) in [6, 6.07) is 0. The summed E-state index contributed by atoms with van der Waals surface area (Å²) in [6.07, 6.45) is -2.39. The SMILES string of the molecule is O=S(=O)([O-])CC(F)CCF.[K+]. The van der Waals surface area contributed by atoms with Crippen molar-refractivity contribution >= 4 is 10.1 Å².